The standard InChI is InChI=1S/C62H102O6/c1-4-7-10-13-16-19-22-25-28-30-32-34-37-40-43-46-49-52-55-61(64)67-58-59(57-66-60(63)54-51-48-45-42-39-36-33-27-24-21-18-15-12-9-6-3)68-62(65)56-53-50-47-44-41-38-35-31-29-26-23-20-17-14-11-8-5-2/h8,11,17-18,20-21,24,26-30,32,34-35,38,44,47,59H,4-7,9-10,12-16,19,22-23,25,31,33,36-37,39-43,45-46,48-58H2,1-3H3/b11-8-,20-17-,21-18-,27-24-,29-26-,30-28-,34-32-,38-35-,47-44-. The maximum Gasteiger partial charge on any atom is 0.306 e. The molecule has 68 heavy (non-hydrogen) atoms. The van der Waals surface area contributed by atoms with Crippen molar-refractivity contribution >= 4 is 17.9 Å². The largest absolute Gasteiger partial charge is 0.462 e. The molecular weight excluding hydrogens is 841 g/mol. The molecular formula is C62H102O6. The van der Waals surface area contributed by atoms with Crippen LogP contribution in [0.3, 0.4) is 0 Å². The second-order valence-electron chi connectivity index (χ2n) is 18.2. The minimum atomic E-state index is -0.821. The van der Waals surface area contributed by atoms with Gasteiger partial charge in [-0.1, -0.05) is 226 Å². The van der Waals surface area contributed by atoms with Crippen LogP contribution in [-0.2, 0) is 28.6 Å². The van der Waals surface area contributed by atoms with Crippen molar-refractivity contribution < 1.29 is 28.6 Å². The van der Waals surface area contributed by atoms with Crippen LogP contribution >= 0.6 is 0 Å². The topological polar surface area (TPSA) is 78.9 Å². The van der Waals surface area contributed by atoms with Gasteiger partial charge < -0.3 is 14.2 Å². The highest BCUT2D eigenvalue weighted by Gasteiger charge is 2.19. The number of esters is 3. The summed E-state index contributed by atoms with van der Waals surface area (Å²) in [6.07, 6.45) is 75.0. The fourth-order valence-electron chi connectivity index (χ4n) is 7.34. The number of carbonyl (C=O) groups is 3. The third-order valence-electron chi connectivity index (χ3n) is 11.5. The quantitative estimate of drug-likeness (QED) is 0.0199. The Kier molecular flexibility index (Phi) is 52.4. The monoisotopic (exact) mass is 943 g/mol. The first kappa shape index (κ1) is 64.1. The summed E-state index contributed by atoms with van der Waals surface area (Å²) < 4.78 is 16.8. The van der Waals surface area contributed by atoms with E-state index in [1.807, 2.05) is 0 Å². The van der Waals surface area contributed by atoms with Gasteiger partial charge in [-0.25, -0.2) is 0 Å². The molecule has 0 radical (unpaired) electrons. The average molecular weight is 943 g/mol. The lowest BCUT2D eigenvalue weighted by Gasteiger charge is -2.18. The molecule has 0 aliphatic carbocycles. The summed E-state index contributed by atoms with van der Waals surface area (Å²) in [5.41, 5.74) is 0. The van der Waals surface area contributed by atoms with Crippen LogP contribution in [0.2, 0.25) is 0 Å². The predicted octanol–water partition coefficient (Wildman–Crippen LogP) is 18.7. The first-order chi connectivity index (χ1) is 33.5. The Bertz CT molecular complexity index is 1410. The number of hydrogen-bond donors (Lipinski definition) is 0. The molecule has 6 nitrogen and oxygen atoms in total. The van der Waals surface area contributed by atoms with E-state index in [1.165, 1.54) is 89.9 Å². The third kappa shape index (κ3) is 53.0. The highest BCUT2D eigenvalue weighted by atomic mass is 16.6. The minimum absolute atomic E-state index is 0.114. The van der Waals surface area contributed by atoms with Gasteiger partial charge in [-0.3, -0.25) is 14.4 Å². The van der Waals surface area contributed by atoms with Crippen LogP contribution in [0.4, 0.5) is 0 Å². The molecule has 6 heteroatoms. The predicted molar refractivity (Wildman–Crippen MR) is 293 cm³/mol. The van der Waals surface area contributed by atoms with E-state index >= 15 is 0 Å². The van der Waals surface area contributed by atoms with Gasteiger partial charge in [-0.15, -0.1) is 0 Å². The van der Waals surface area contributed by atoms with Crippen LogP contribution in [-0.4, -0.2) is 37.2 Å². The number of rotatable bonds is 49. The van der Waals surface area contributed by atoms with E-state index in [0.717, 1.165) is 109 Å². The molecule has 0 rings (SSSR count). The molecule has 0 saturated carbocycles. The second-order valence-corrected chi connectivity index (χ2v) is 18.2. The van der Waals surface area contributed by atoms with E-state index in [2.05, 4.69) is 130 Å². The third-order valence-corrected chi connectivity index (χ3v) is 11.5. The molecule has 386 valence electrons. The number of carbonyl (C=O) groups excluding carboxylic acids is 3. The minimum Gasteiger partial charge on any atom is -0.462 e. The molecule has 0 N–H and O–H groups in total. The van der Waals surface area contributed by atoms with E-state index in [1.54, 1.807) is 0 Å². The summed E-state index contributed by atoms with van der Waals surface area (Å²) in [6, 6.07) is 0. The van der Waals surface area contributed by atoms with Crippen molar-refractivity contribution in [3.05, 3.63) is 109 Å². The zero-order valence-electron chi connectivity index (χ0n) is 44.1. The highest BCUT2D eigenvalue weighted by Crippen LogP contribution is 2.13. The first-order valence-electron chi connectivity index (χ1n) is 27.9. The van der Waals surface area contributed by atoms with Gasteiger partial charge in [0, 0.05) is 19.3 Å². The van der Waals surface area contributed by atoms with Crippen molar-refractivity contribution in [3.63, 3.8) is 0 Å². The van der Waals surface area contributed by atoms with Gasteiger partial charge in [0.25, 0.3) is 0 Å². The molecule has 0 heterocycles. The zero-order chi connectivity index (χ0) is 49.3. The summed E-state index contributed by atoms with van der Waals surface area (Å²) in [7, 11) is 0. The summed E-state index contributed by atoms with van der Waals surface area (Å²) in [4.78, 5) is 38.1. The first-order valence-corrected chi connectivity index (χ1v) is 27.9. The molecule has 0 aromatic carbocycles. The number of ether oxygens (including phenoxy) is 3. The maximum absolute atomic E-state index is 12.8. The van der Waals surface area contributed by atoms with Crippen LogP contribution in [0.5, 0.6) is 0 Å². The van der Waals surface area contributed by atoms with Crippen molar-refractivity contribution in [2.45, 2.75) is 252 Å². The van der Waals surface area contributed by atoms with E-state index in [4.69, 9.17) is 14.2 Å². The van der Waals surface area contributed by atoms with Gasteiger partial charge in [0.15, 0.2) is 6.10 Å². The van der Waals surface area contributed by atoms with Gasteiger partial charge in [0.1, 0.15) is 13.2 Å². The second kappa shape index (κ2) is 55.7. The Morgan fingerprint density at radius 3 is 1.04 bits per heavy atom. The number of unbranched alkanes of at least 4 members (excludes halogenated alkanes) is 22. The van der Waals surface area contributed by atoms with Gasteiger partial charge in [-0.2, -0.15) is 0 Å². The Morgan fingerprint density at radius 1 is 0.324 bits per heavy atom. The lowest BCUT2D eigenvalue weighted by molar-refractivity contribution is -0.167. The number of hydrogen-bond acceptors (Lipinski definition) is 6. The van der Waals surface area contributed by atoms with Crippen molar-refractivity contribution in [2.24, 2.45) is 0 Å². The SMILES string of the molecule is CC/C=C\C/C=C\C/C=C\C/C=C\C/C=C\CCCC(=O)OC(COC(=O)CCCCCCC/C=C\C=C/CCCCCCCCC)COC(=O)CCCCCCCC/C=C\C=C/CCCCC. The summed E-state index contributed by atoms with van der Waals surface area (Å²) in [5, 5.41) is 0. The lowest BCUT2D eigenvalue weighted by Crippen LogP contribution is -2.30. The Hall–Kier alpha value is -3.93. The van der Waals surface area contributed by atoms with E-state index in [-0.39, 0.29) is 37.5 Å². The van der Waals surface area contributed by atoms with E-state index in [0.29, 0.717) is 19.3 Å². The van der Waals surface area contributed by atoms with Crippen LogP contribution in [0, 0.1) is 0 Å². The van der Waals surface area contributed by atoms with Gasteiger partial charge in [0.2, 0.25) is 0 Å². The van der Waals surface area contributed by atoms with Crippen molar-refractivity contribution in [2.75, 3.05) is 13.2 Å². The van der Waals surface area contributed by atoms with E-state index < -0.39 is 6.10 Å². The molecule has 0 spiro atoms. The highest BCUT2D eigenvalue weighted by molar-refractivity contribution is 5.71. The zero-order valence-corrected chi connectivity index (χ0v) is 44.1. The molecule has 0 bridgehead atoms. The Labute approximate surface area is 419 Å². The average Bonchev–Trinajstić information content (AvgIpc) is 3.34. The van der Waals surface area contributed by atoms with Crippen molar-refractivity contribution in [1.82, 2.24) is 0 Å². The van der Waals surface area contributed by atoms with Gasteiger partial charge in [0.05, 0.1) is 0 Å². The molecule has 0 saturated heterocycles. The summed E-state index contributed by atoms with van der Waals surface area (Å²) >= 11 is 0. The molecule has 0 fully saturated rings. The molecule has 0 aliphatic heterocycles. The normalized spacial score (nSPS) is 12.9. The Morgan fingerprint density at radius 2 is 0.632 bits per heavy atom. The van der Waals surface area contributed by atoms with Crippen LogP contribution in [0.1, 0.15) is 245 Å². The fourth-order valence-corrected chi connectivity index (χ4v) is 7.34. The summed E-state index contributed by atoms with van der Waals surface area (Å²) in [6.45, 7) is 6.42. The molecule has 0 aromatic heterocycles. The van der Waals surface area contributed by atoms with Gasteiger partial charge in [-0.05, 0) is 109 Å². The van der Waals surface area contributed by atoms with Crippen LogP contribution in [0.15, 0.2) is 109 Å². The van der Waals surface area contributed by atoms with Crippen molar-refractivity contribution in [3.8, 4) is 0 Å². The molecule has 0 aromatic rings. The van der Waals surface area contributed by atoms with Crippen LogP contribution < -0.4 is 0 Å². The van der Waals surface area contributed by atoms with Crippen molar-refractivity contribution in [1.29, 1.82) is 0 Å². The fraction of sp³-hybridized carbons (Fsp3) is 0.661. The lowest BCUT2D eigenvalue weighted by atomic mass is 10.1. The number of allylic oxidation sites excluding steroid dienone is 18. The molecule has 0 aliphatic rings. The molecule has 1 unspecified atom stereocenters. The van der Waals surface area contributed by atoms with E-state index in [9.17, 15) is 14.4 Å². The van der Waals surface area contributed by atoms with Gasteiger partial charge >= 0.3 is 17.9 Å². The summed E-state index contributed by atoms with van der Waals surface area (Å²) in [5.74, 6) is -1.000. The van der Waals surface area contributed by atoms with Crippen LogP contribution in [0.25, 0.3) is 0 Å². The molecule has 0 amide bonds. The Balaban J connectivity index is 4.53. The molecule has 1 atom stereocenters. The smallest absolute Gasteiger partial charge is 0.306 e. The maximum atomic E-state index is 12.8.